The van der Waals surface area contributed by atoms with Crippen LogP contribution in [0, 0.1) is 5.82 Å². The summed E-state index contributed by atoms with van der Waals surface area (Å²) in [5, 5.41) is 3.18. The maximum Gasteiger partial charge on any atom is 0.165 e. The highest BCUT2D eigenvalue weighted by Crippen LogP contribution is 2.33. The van der Waals surface area contributed by atoms with Crippen molar-refractivity contribution in [2.75, 3.05) is 21.3 Å². The molecule has 1 aromatic carbocycles. The average Bonchev–Trinajstić information content (AvgIpc) is 2.29. The number of ether oxygens (including phenoxy) is 2. The van der Waals surface area contributed by atoms with Gasteiger partial charge in [0.1, 0.15) is 5.75 Å². The van der Waals surface area contributed by atoms with E-state index in [0.29, 0.717) is 12.2 Å². The molecule has 0 radical (unpaired) electrons. The zero-order valence-electron chi connectivity index (χ0n) is 11.1. The lowest BCUT2D eigenvalue weighted by Gasteiger charge is -2.26. The number of nitrogens with one attached hydrogen (secondary N) is 1. The Balaban J connectivity index is 3.23. The van der Waals surface area contributed by atoms with Crippen LogP contribution in [-0.4, -0.2) is 26.8 Å². The van der Waals surface area contributed by atoms with Gasteiger partial charge in [0.05, 0.1) is 14.2 Å². The third kappa shape index (κ3) is 3.09. The minimum atomic E-state index is -0.366. The van der Waals surface area contributed by atoms with Gasteiger partial charge in [-0.3, -0.25) is 0 Å². The van der Waals surface area contributed by atoms with Crippen molar-refractivity contribution >= 4 is 0 Å². The van der Waals surface area contributed by atoms with E-state index in [2.05, 4.69) is 5.32 Å². The van der Waals surface area contributed by atoms with Crippen LogP contribution in [0.15, 0.2) is 12.1 Å². The van der Waals surface area contributed by atoms with Crippen molar-refractivity contribution in [3.63, 3.8) is 0 Å². The van der Waals surface area contributed by atoms with E-state index in [0.717, 1.165) is 5.56 Å². The lowest BCUT2D eigenvalue weighted by molar-refractivity contribution is 0.348. The van der Waals surface area contributed by atoms with Gasteiger partial charge in [0.2, 0.25) is 0 Å². The summed E-state index contributed by atoms with van der Waals surface area (Å²) in [6.07, 6.45) is 0.619. The quantitative estimate of drug-likeness (QED) is 0.858. The molecule has 96 valence electrons. The van der Waals surface area contributed by atoms with Crippen LogP contribution < -0.4 is 14.8 Å². The van der Waals surface area contributed by atoms with E-state index < -0.39 is 0 Å². The molecular weight excluding hydrogens is 221 g/mol. The highest BCUT2D eigenvalue weighted by Gasteiger charge is 2.23. The van der Waals surface area contributed by atoms with E-state index in [-0.39, 0.29) is 17.1 Å². The first-order chi connectivity index (χ1) is 7.95. The Morgan fingerprint density at radius 1 is 1.24 bits per heavy atom. The molecule has 1 aromatic rings. The van der Waals surface area contributed by atoms with Crippen molar-refractivity contribution in [3.05, 3.63) is 23.5 Å². The Bertz CT molecular complexity index is 391. The van der Waals surface area contributed by atoms with Crippen LogP contribution in [-0.2, 0) is 6.42 Å². The maximum absolute atomic E-state index is 13.6. The van der Waals surface area contributed by atoms with Crippen molar-refractivity contribution in [1.29, 1.82) is 0 Å². The highest BCUT2D eigenvalue weighted by atomic mass is 19.1. The molecule has 0 aliphatic rings. The molecule has 4 heteroatoms. The van der Waals surface area contributed by atoms with Gasteiger partial charge >= 0.3 is 0 Å². The van der Waals surface area contributed by atoms with E-state index in [1.165, 1.54) is 13.2 Å². The van der Waals surface area contributed by atoms with E-state index in [9.17, 15) is 4.39 Å². The number of likely N-dealkylation sites (N-methyl/N-ethyl adjacent to an activating group) is 1. The number of benzene rings is 1. The summed E-state index contributed by atoms with van der Waals surface area (Å²) < 4.78 is 24.0. The zero-order valence-corrected chi connectivity index (χ0v) is 11.1. The topological polar surface area (TPSA) is 30.5 Å². The van der Waals surface area contributed by atoms with Crippen molar-refractivity contribution in [3.8, 4) is 11.5 Å². The molecule has 3 nitrogen and oxygen atoms in total. The maximum atomic E-state index is 13.6. The molecule has 0 heterocycles. The fourth-order valence-corrected chi connectivity index (χ4v) is 1.69. The van der Waals surface area contributed by atoms with Crippen molar-refractivity contribution in [2.45, 2.75) is 25.8 Å². The first kappa shape index (κ1) is 13.8. The molecule has 0 aliphatic carbocycles. The predicted molar refractivity (Wildman–Crippen MR) is 66.3 cm³/mol. The van der Waals surface area contributed by atoms with E-state index in [1.807, 2.05) is 20.9 Å². The molecule has 0 unspecified atom stereocenters. The molecule has 0 aromatic heterocycles. The molecule has 0 aliphatic heterocycles. The fourth-order valence-electron chi connectivity index (χ4n) is 1.69. The van der Waals surface area contributed by atoms with Crippen LogP contribution in [0.5, 0.6) is 11.5 Å². The smallest absolute Gasteiger partial charge is 0.165 e. The minimum absolute atomic E-state index is 0.158. The second kappa shape index (κ2) is 5.36. The molecule has 0 atom stereocenters. The number of methoxy groups -OCH3 is 2. The first-order valence-electron chi connectivity index (χ1n) is 5.53. The molecule has 0 amide bonds. The van der Waals surface area contributed by atoms with Crippen LogP contribution in [0.3, 0.4) is 0 Å². The fraction of sp³-hybridized carbons (Fsp3) is 0.538. The molecule has 0 fully saturated rings. The average molecular weight is 241 g/mol. The SMILES string of the molecule is CNC(C)(C)Cc1c(OC)ccc(F)c1OC. The highest BCUT2D eigenvalue weighted by molar-refractivity contribution is 5.46. The second-order valence-corrected chi connectivity index (χ2v) is 4.57. The predicted octanol–water partition coefficient (Wildman–Crippen LogP) is 2.38. The molecule has 0 saturated carbocycles. The van der Waals surface area contributed by atoms with Gasteiger partial charge in [-0.05, 0) is 39.4 Å². The molecular formula is C13H20FNO2. The van der Waals surface area contributed by atoms with Gasteiger partial charge in [-0.2, -0.15) is 0 Å². The molecule has 0 bridgehead atoms. The lowest BCUT2D eigenvalue weighted by Crippen LogP contribution is -2.38. The molecule has 1 rings (SSSR count). The molecule has 17 heavy (non-hydrogen) atoms. The third-order valence-electron chi connectivity index (χ3n) is 2.89. The summed E-state index contributed by atoms with van der Waals surface area (Å²) in [7, 11) is 4.91. The Hall–Kier alpha value is -1.29. The van der Waals surface area contributed by atoms with Gasteiger partial charge in [0, 0.05) is 11.1 Å². The largest absolute Gasteiger partial charge is 0.496 e. The summed E-state index contributed by atoms with van der Waals surface area (Å²) in [6.45, 7) is 4.08. The Morgan fingerprint density at radius 2 is 1.88 bits per heavy atom. The van der Waals surface area contributed by atoms with Gasteiger partial charge in [-0.1, -0.05) is 0 Å². The standard InChI is InChI=1S/C13H20FNO2/c1-13(2,15-3)8-9-11(16-4)7-6-10(14)12(9)17-5/h6-7,15H,8H2,1-5H3. The lowest BCUT2D eigenvalue weighted by atomic mass is 9.94. The summed E-state index contributed by atoms with van der Waals surface area (Å²) >= 11 is 0. The summed E-state index contributed by atoms with van der Waals surface area (Å²) in [6, 6.07) is 2.98. The second-order valence-electron chi connectivity index (χ2n) is 4.57. The van der Waals surface area contributed by atoms with Crippen molar-refractivity contribution < 1.29 is 13.9 Å². The van der Waals surface area contributed by atoms with Gasteiger partial charge in [0.25, 0.3) is 0 Å². The number of rotatable bonds is 5. The first-order valence-corrected chi connectivity index (χ1v) is 5.53. The molecule has 0 spiro atoms. The number of hydrogen-bond acceptors (Lipinski definition) is 3. The number of hydrogen-bond donors (Lipinski definition) is 1. The van der Waals surface area contributed by atoms with Crippen LogP contribution >= 0.6 is 0 Å². The normalized spacial score (nSPS) is 11.4. The molecule has 1 N–H and O–H groups in total. The van der Waals surface area contributed by atoms with Gasteiger partial charge < -0.3 is 14.8 Å². The minimum Gasteiger partial charge on any atom is -0.496 e. The van der Waals surface area contributed by atoms with Crippen LogP contribution in [0.1, 0.15) is 19.4 Å². The van der Waals surface area contributed by atoms with Gasteiger partial charge in [0.15, 0.2) is 11.6 Å². The van der Waals surface area contributed by atoms with Crippen molar-refractivity contribution in [1.82, 2.24) is 5.32 Å². The zero-order chi connectivity index (χ0) is 13.1. The van der Waals surface area contributed by atoms with Crippen LogP contribution in [0.4, 0.5) is 4.39 Å². The number of halogens is 1. The Morgan fingerprint density at radius 3 is 2.35 bits per heavy atom. The van der Waals surface area contributed by atoms with Gasteiger partial charge in [-0.15, -0.1) is 0 Å². The van der Waals surface area contributed by atoms with Crippen LogP contribution in [0.25, 0.3) is 0 Å². The van der Waals surface area contributed by atoms with E-state index in [4.69, 9.17) is 9.47 Å². The van der Waals surface area contributed by atoms with Crippen LogP contribution in [0.2, 0.25) is 0 Å². The molecule has 0 saturated heterocycles. The summed E-state index contributed by atoms with van der Waals surface area (Å²) in [5.41, 5.74) is 0.586. The Labute approximate surface area is 102 Å². The van der Waals surface area contributed by atoms with Crippen molar-refractivity contribution in [2.24, 2.45) is 0 Å². The monoisotopic (exact) mass is 241 g/mol. The third-order valence-corrected chi connectivity index (χ3v) is 2.89. The van der Waals surface area contributed by atoms with E-state index in [1.54, 1.807) is 13.2 Å². The summed E-state index contributed by atoms with van der Waals surface area (Å²) in [4.78, 5) is 0. The van der Waals surface area contributed by atoms with E-state index >= 15 is 0 Å². The Kier molecular flexibility index (Phi) is 4.34. The van der Waals surface area contributed by atoms with Gasteiger partial charge in [-0.25, -0.2) is 4.39 Å². The summed E-state index contributed by atoms with van der Waals surface area (Å²) in [5.74, 6) is 0.537.